The minimum atomic E-state index is -0.264. The number of thiocarbonyl (C=S) groups is 1. The Labute approximate surface area is 214 Å². The Morgan fingerprint density at radius 3 is 2.24 bits per heavy atom. The van der Waals surface area contributed by atoms with Gasteiger partial charge in [-0.15, -0.1) is 11.8 Å². The lowest BCUT2D eigenvalue weighted by atomic mass is 10.1. The van der Waals surface area contributed by atoms with Crippen LogP contribution in [0.25, 0.3) is 0 Å². The quantitative estimate of drug-likeness (QED) is 0.169. The van der Waals surface area contributed by atoms with E-state index in [4.69, 9.17) is 23.8 Å². The number of nitrogens with one attached hydrogen (secondary N) is 3. The fraction of sp³-hybridized carbons (Fsp3) is 0.192. The molecule has 0 aliphatic carbocycles. The molecule has 0 saturated carbocycles. The summed E-state index contributed by atoms with van der Waals surface area (Å²) in [7, 11) is 0. The highest BCUT2D eigenvalue weighted by Gasteiger charge is 2.18. The molecule has 176 valence electrons. The van der Waals surface area contributed by atoms with Gasteiger partial charge in [0, 0.05) is 32.5 Å². The van der Waals surface area contributed by atoms with Gasteiger partial charge in [-0.1, -0.05) is 30.7 Å². The number of carbonyl (C=O) groups is 2. The molecule has 0 aromatic heterocycles. The molecular formula is C26H26ClN3O2S2. The second-order valence-corrected chi connectivity index (χ2v) is 9.80. The molecule has 3 N–H and O–H groups in total. The lowest BCUT2D eigenvalue weighted by Gasteiger charge is -2.16. The smallest absolute Gasteiger partial charge is 0.237 e. The molecule has 1 atom stereocenters. The van der Waals surface area contributed by atoms with Crippen molar-refractivity contribution in [1.29, 1.82) is 0 Å². The number of hydrogen-bond acceptors (Lipinski definition) is 4. The van der Waals surface area contributed by atoms with Gasteiger partial charge in [-0.2, -0.15) is 0 Å². The van der Waals surface area contributed by atoms with Gasteiger partial charge in [-0.3, -0.25) is 9.59 Å². The summed E-state index contributed by atoms with van der Waals surface area (Å²) in [6.07, 6.45) is 0.671. The maximum atomic E-state index is 12.8. The molecule has 0 fully saturated rings. The van der Waals surface area contributed by atoms with Gasteiger partial charge in [0.1, 0.15) is 0 Å². The largest absolute Gasteiger partial charge is 0.332 e. The lowest BCUT2D eigenvalue weighted by molar-refractivity contribution is -0.115. The number of halogens is 1. The Balaban J connectivity index is 1.60. The minimum absolute atomic E-state index is 0.0169. The summed E-state index contributed by atoms with van der Waals surface area (Å²) in [4.78, 5) is 25.2. The van der Waals surface area contributed by atoms with Gasteiger partial charge in [0.25, 0.3) is 0 Å². The maximum Gasteiger partial charge on any atom is 0.237 e. The van der Waals surface area contributed by atoms with Crippen LogP contribution in [0.4, 0.5) is 17.1 Å². The van der Waals surface area contributed by atoms with Crippen molar-refractivity contribution in [3.8, 4) is 0 Å². The summed E-state index contributed by atoms with van der Waals surface area (Å²) in [5, 5.41) is 10.0. The average Bonchev–Trinajstić information content (AvgIpc) is 2.80. The number of carbonyl (C=O) groups excluding carboxylic acids is 2. The van der Waals surface area contributed by atoms with E-state index < -0.39 is 0 Å². The molecule has 5 nitrogen and oxygen atoms in total. The zero-order valence-electron chi connectivity index (χ0n) is 19.1. The highest BCUT2D eigenvalue weighted by atomic mass is 35.5. The van der Waals surface area contributed by atoms with Crippen LogP contribution < -0.4 is 16.0 Å². The van der Waals surface area contributed by atoms with E-state index in [1.54, 1.807) is 18.2 Å². The summed E-state index contributed by atoms with van der Waals surface area (Å²) >= 11 is 13.1. The third kappa shape index (κ3) is 7.32. The van der Waals surface area contributed by atoms with Crippen molar-refractivity contribution in [2.75, 3.05) is 16.0 Å². The van der Waals surface area contributed by atoms with E-state index in [2.05, 4.69) is 16.0 Å². The first-order valence-electron chi connectivity index (χ1n) is 10.8. The van der Waals surface area contributed by atoms with E-state index >= 15 is 0 Å². The molecule has 0 spiro atoms. The van der Waals surface area contributed by atoms with Crippen molar-refractivity contribution in [2.24, 2.45) is 0 Å². The lowest BCUT2D eigenvalue weighted by Crippen LogP contribution is -2.24. The number of Topliss-reactive ketones (excluding diaryl/α,β-unsaturated/α-hetero) is 1. The summed E-state index contributed by atoms with van der Waals surface area (Å²) < 4.78 is 0. The number of benzene rings is 3. The number of anilines is 3. The van der Waals surface area contributed by atoms with E-state index in [1.807, 2.05) is 62.4 Å². The monoisotopic (exact) mass is 511 g/mol. The zero-order chi connectivity index (χ0) is 24.7. The van der Waals surface area contributed by atoms with E-state index in [-0.39, 0.29) is 16.9 Å². The third-order valence-corrected chi connectivity index (χ3v) is 6.99. The van der Waals surface area contributed by atoms with Crippen LogP contribution in [0.15, 0.2) is 71.6 Å². The number of rotatable bonds is 8. The normalized spacial score (nSPS) is 11.4. The molecule has 0 aliphatic heterocycles. The molecule has 0 heterocycles. The number of amides is 1. The molecular weight excluding hydrogens is 486 g/mol. The molecule has 0 bridgehead atoms. The summed E-state index contributed by atoms with van der Waals surface area (Å²) in [6, 6.07) is 20.4. The van der Waals surface area contributed by atoms with E-state index in [0.29, 0.717) is 27.8 Å². The first-order chi connectivity index (χ1) is 16.2. The minimum Gasteiger partial charge on any atom is -0.332 e. The van der Waals surface area contributed by atoms with Crippen LogP contribution in [0, 0.1) is 6.92 Å². The molecule has 0 aliphatic rings. The summed E-state index contributed by atoms with van der Waals surface area (Å²) in [5.74, 6) is -0.0553. The standard InChI is InChI=1S/C26H26ClN3O2S2/c1-4-24(25(32)28-21-11-8-16(2)23(27)15-21)34-22-7-5-6-20(14-22)30-26(33)29-19-12-9-18(10-13-19)17(3)31/h5-15,24H,4H2,1-3H3,(H,28,32)(H2,29,30,33). The Morgan fingerprint density at radius 1 is 0.941 bits per heavy atom. The second kappa shape index (κ2) is 12.0. The van der Waals surface area contributed by atoms with Crippen LogP contribution in [-0.2, 0) is 4.79 Å². The van der Waals surface area contributed by atoms with Crippen LogP contribution in [0.1, 0.15) is 36.2 Å². The predicted octanol–water partition coefficient (Wildman–Crippen LogP) is 7.17. The molecule has 1 amide bonds. The van der Waals surface area contributed by atoms with Crippen molar-refractivity contribution in [1.82, 2.24) is 0 Å². The zero-order valence-corrected chi connectivity index (χ0v) is 21.5. The van der Waals surface area contributed by atoms with Gasteiger partial charge in [-0.25, -0.2) is 0 Å². The fourth-order valence-electron chi connectivity index (χ4n) is 3.11. The van der Waals surface area contributed by atoms with Crippen molar-refractivity contribution in [2.45, 2.75) is 37.3 Å². The molecule has 3 rings (SSSR count). The Kier molecular flexibility index (Phi) is 9.10. The first kappa shape index (κ1) is 25.7. The fourth-order valence-corrected chi connectivity index (χ4v) is 4.54. The highest BCUT2D eigenvalue weighted by Crippen LogP contribution is 2.29. The summed E-state index contributed by atoms with van der Waals surface area (Å²) in [5.41, 5.74) is 3.89. The maximum absolute atomic E-state index is 12.8. The number of aryl methyl sites for hydroxylation is 1. The number of ketones is 1. The van der Waals surface area contributed by atoms with Crippen LogP contribution >= 0.6 is 35.6 Å². The van der Waals surface area contributed by atoms with Crippen LogP contribution in [0.3, 0.4) is 0 Å². The van der Waals surface area contributed by atoms with Gasteiger partial charge in [0.15, 0.2) is 10.9 Å². The topological polar surface area (TPSA) is 70.2 Å². The molecule has 8 heteroatoms. The Morgan fingerprint density at radius 2 is 1.59 bits per heavy atom. The van der Waals surface area contributed by atoms with Crippen molar-refractivity contribution < 1.29 is 9.59 Å². The van der Waals surface area contributed by atoms with Crippen LogP contribution in [-0.4, -0.2) is 22.1 Å². The summed E-state index contributed by atoms with van der Waals surface area (Å²) in [6.45, 7) is 5.44. The van der Waals surface area contributed by atoms with Gasteiger partial charge < -0.3 is 16.0 Å². The number of hydrogen-bond donors (Lipinski definition) is 3. The van der Waals surface area contributed by atoms with E-state index in [9.17, 15) is 9.59 Å². The van der Waals surface area contributed by atoms with E-state index in [1.165, 1.54) is 18.7 Å². The molecule has 3 aromatic rings. The highest BCUT2D eigenvalue weighted by molar-refractivity contribution is 8.00. The molecule has 1 unspecified atom stereocenters. The molecule has 34 heavy (non-hydrogen) atoms. The molecule has 0 radical (unpaired) electrons. The second-order valence-electron chi connectivity index (χ2n) is 7.71. The average molecular weight is 512 g/mol. The van der Waals surface area contributed by atoms with Gasteiger partial charge in [0.2, 0.25) is 5.91 Å². The Bertz CT molecular complexity index is 1200. The van der Waals surface area contributed by atoms with Gasteiger partial charge in [0.05, 0.1) is 5.25 Å². The third-order valence-electron chi connectivity index (χ3n) is 5.02. The van der Waals surface area contributed by atoms with Gasteiger partial charge >= 0.3 is 0 Å². The SMILES string of the molecule is CCC(Sc1cccc(NC(=S)Nc2ccc(C(C)=O)cc2)c1)C(=O)Nc1ccc(C)c(Cl)c1. The predicted molar refractivity (Wildman–Crippen MR) is 147 cm³/mol. The Hall–Kier alpha value is -2.87. The number of thioether (sulfide) groups is 1. The van der Waals surface area contributed by atoms with Crippen LogP contribution in [0.2, 0.25) is 5.02 Å². The van der Waals surface area contributed by atoms with Crippen molar-refractivity contribution in [3.63, 3.8) is 0 Å². The van der Waals surface area contributed by atoms with Gasteiger partial charge in [-0.05, 0) is 92.6 Å². The van der Waals surface area contributed by atoms with Crippen LogP contribution in [0.5, 0.6) is 0 Å². The first-order valence-corrected chi connectivity index (χ1v) is 12.4. The van der Waals surface area contributed by atoms with Crippen molar-refractivity contribution in [3.05, 3.63) is 82.9 Å². The van der Waals surface area contributed by atoms with Crippen molar-refractivity contribution >= 4 is 69.4 Å². The molecule has 0 saturated heterocycles. The van der Waals surface area contributed by atoms with E-state index in [0.717, 1.165) is 21.8 Å². The molecule has 3 aromatic carbocycles.